The maximum Gasteiger partial charge on any atom is 0.268 e. The number of carbonyl (C=O) groups is 1. The summed E-state index contributed by atoms with van der Waals surface area (Å²) < 4.78 is 9.39. The van der Waals surface area contributed by atoms with Gasteiger partial charge in [-0.15, -0.1) is 0 Å². The van der Waals surface area contributed by atoms with Gasteiger partial charge in [-0.05, 0) is 81.9 Å². The van der Waals surface area contributed by atoms with Gasteiger partial charge in [-0.2, -0.15) is 0 Å². The maximum absolute atomic E-state index is 12.4. The fourth-order valence-corrected chi connectivity index (χ4v) is 5.32. The van der Waals surface area contributed by atoms with Crippen LogP contribution in [0.15, 0.2) is 47.5 Å². The summed E-state index contributed by atoms with van der Waals surface area (Å²) in [6, 6.07) is 3.58. The third-order valence-corrected chi connectivity index (χ3v) is 9.24. The van der Waals surface area contributed by atoms with Gasteiger partial charge in [0, 0.05) is 12.2 Å². The summed E-state index contributed by atoms with van der Waals surface area (Å²) in [5, 5.41) is 2.83. The Morgan fingerprint density at radius 1 is 1.11 bits per heavy atom. The molecule has 4 aromatic heterocycles. The number of aromatic nitrogens is 6. The van der Waals surface area contributed by atoms with E-state index in [2.05, 4.69) is 104 Å². The molecular formula is C22H20Br4N10O2. The van der Waals surface area contributed by atoms with Crippen LogP contribution in [0.4, 0.5) is 11.9 Å². The van der Waals surface area contributed by atoms with Crippen LogP contribution in [0.1, 0.15) is 39.2 Å². The predicted molar refractivity (Wildman–Crippen MR) is 158 cm³/mol. The highest BCUT2D eigenvalue weighted by atomic mass is 79.9. The summed E-state index contributed by atoms with van der Waals surface area (Å²) in [6.45, 7) is 0.650. The molecule has 198 valence electrons. The zero-order valence-electron chi connectivity index (χ0n) is 19.3. The highest BCUT2D eigenvalue weighted by Gasteiger charge is 2.36. The molecule has 0 saturated carbocycles. The molecule has 38 heavy (non-hydrogen) atoms. The van der Waals surface area contributed by atoms with E-state index in [4.69, 9.17) is 16.2 Å². The van der Waals surface area contributed by atoms with Gasteiger partial charge in [-0.3, -0.25) is 4.79 Å². The van der Waals surface area contributed by atoms with Crippen LogP contribution in [-0.4, -0.2) is 60.9 Å². The van der Waals surface area contributed by atoms with E-state index in [1.807, 2.05) is 6.07 Å². The van der Waals surface area contributed by atoms with E-state index in [9.17, 15) is 4.79 Å². The molecule has 0 saturated heterocycles. The Morgan fingerprint density at radius 2 is 1.87 bits per heavy atom. The van der Waals surface area contributed by atoms with Crippen molar-refractivity contribution >= 4 is 93.5 Å². The highest BCUT2D eigenvalue weighted by molar-refractivity contribution is 9.13. The molecule has 5 heterocycles. The molecule has 1 amide bonds. The summed E-state index contributed by atoms with van der Waals surface area (Å²) in [5.41, 5.74) is 15.1. The van der Waals surface area contributed by atoms with Gasteiger partial charge in [0.25, 0.3) is 5.91 Å². The lowest BCUT2D eigenvalue weighted by atomic mass is 9.93. The number of imidazole rings is 2. The molecule has 0 aliphatic carbocycles. The molecule has 0 radical (unpaired) electrons. The second kappa shape index (κ2) is 11.1. The van der Waals surface area contributed by atoms with Crippen LogP contribution in [0.5, 0.6) is 0 Å². The molecule has 2 atom stereocenters. The average Bonchev–Trinajstić information content (AvgIpc) is 3.69. The van der Waals surface area contributed by atoms with Gasteiger partial charge in [0.1, 0.15) is 17.5 Å². The first-order chi connectivity index (χ1) is 18.2. The molecule has 0 aromatic carbocycles. The normalized spacial score (nSPS) is 16.1. The zero-order valence-corrected chi connectivity index (χ0v) is 25.6. The molecule has 0 spiro atoms. The van der Waals surface area contributed by atoms with E-state index in [0.29, 0.717) is 39.8 Å². The number of amides is 1. The molecule has 9 N–H and O–H groups in total. The molecule has 0 bridgehead atoms. The number of nitrogens with zero attached hydrogens (tertiary/aromatic N) is 3. The van der Waals surface area contributed by atoms with Crippen LogP contribution in [0.25, 0.3) is 6.08 Å². The quantitative estimate of drug-likeness (QED) is 0.139. The molecule has 0 unspecified atom stereocenters. The number of nitrogens with one attached hydrogen (secondary N) is 5. The number of hydrogen-bond donors (Lipinski definition) is 7. The lowest BCUT2D eigenvalue weighted by molar-refractivity contribution is 0.0953. The number of H-pyrrole nitrogens is 4. The standard InChI is InChI=1S/C22H20Br4N10O2/c23-8-4-11(32-17(8)25)19(37)29-3-1-2-10-16(36-22(28)34-10)15(13-6-31-21(27)35-13)14-7-30-20(38-14)12-5-9(24)18(26)33-12/h1-2,4-6,14-15,32-33H,3,7H2,(H,29,37)(H3,27,31,35)(H3,28,34,36)/b2-1+/t14-,15-/m1/s1. The van der Waals surface area contributed by atoms with Crippen LogP contribution < -0.4 is 16.8 Å². The van der Waals surface area contributed by atoms with Gasteiger partial charge in [-0.25, -0.2) is 15.0 Å². The molecule has 1 aliphatic heterocycles. The first-order valence-electron chi connectivity index (χ1n) is 11.1. The number of carbonyl (C=O) groups excluding carboxylic acids is 1. The van der Waals surface area contributed by atoms with Gasteiger partial charge in [0.2, 0.25) is 5.90 Å². The monoisotopic (exact) mass is 772 g/mol. The maximum atomic E-state index is 12.4. The molecule has 4 aromatic rings. The molecule has 16 heteroatoms. The Morgan fingerprint density at radius 3 is 2.53 bits per heavy atom. The third kappa shape index (κ3) is 5.62. The van der Waals surface area contributed by atoms with Crippen molar-refractivity contribution in [2.24, 2.45) is 4.99 Å². The number of rotatable bonds is 8. The Kier molecular flexibility index (Phi) is 7.83. The summed E-state index contributed by atoms with van der Waals surface area (Å²) >= 11 is 13.6. The summed E-state index contributed by atoms with van der Waals surface area (Å²) in [7, 11) is 0. The van der Waals surface area contributed by atoms with Gasteiger partial charge < -0.3 is 41.5 Å². The lowest BCUT2D eigenvalue weighted by Gasteiger charge is -2.21. The van der Waals surface area contributed by atoms with Gasteiger partial charge >= 0.3 is 0 Å². The third-order valence-electron chi connectivity index (χ3n) is 5.67. The number of nitrogens with two attached hydrogens (primary N) is 2. The zero-order chi connectivity index (χ0) is 27.0. The van der Waals surface area contributed by atoms with Crippen LogP contribution >= 0.6 is 63.7 Å². The van der Waals surface area contributed by atoms with E-state index >= 15 is 0 Å². The number of nitrogen functional groups attached to an aromatic ring is 2. The van der Waals surface area contributed by atoms with Crippen molar-refractivity contribution in [1.29, 1.82) is 0 Å². The Hall–Kier alpha value is -2.82. The first kappa shape index (κ1) is 26.8. The van der Waals surface area contributed by atoms with E-state index in [1.165, 1.54) is 0 Å². The van der Waals surface area contributed by atoms with Crippen molar-refractivity contribution < 1.29 is 9.53 Å². The minimum Gasteiger partial charge on any atom is -0.470 e. The Bertz CT molecular complexity index is 1510. The molecular weight excluding hydrogens is 756 g/mol. The van der Waals surface area contributed by atoms with Gasteiger partial charge in [0.05, 0.1) is 48.2 Å². The SMILES string of the molecule is Nc1ncc([C@@H](c2[nH]c(N)nc2/C=C/CNC(=O)c2cc(Br)c(Br)[nH]2)[C@H]2CN=C(c3cc(Br)c(Br)[nH]3)O2)[nH]1. The van der Waals surface area contributed by atoms with Crippen LogP contribution in [-0.2, 0) is 4.74 Å². The second-order valence-electron chi connectivity index (χ2n) is 8.23. The minimum absolute atomic E-state index is 0.235. The average molecular weight is 776 g/mol. The van der Waals surface area contributed by atoms with E-state index in [1.54, 1.807) is 24.4 Å². The number of aliphatic imine (C=N–C) groups is 1. The number of hydrogen-bond acceptors (Lipinski definition) is 7. The Labute approximate surface area is 249 Å². The molecule has 5 rings (SSSR count). The van der Waals surface area contributed by atoms with Crippen molar-refractivity contribution in [2.45, 2.75) is 12.0 Å². The Balaban J connectivity index is 1.36. The van der Waals surface area contributed by atoms with Crippen molar-refractivity contribution in [1.82, 2.24) is 35.2 Å². The molecule has 12 nitrogen and oxygen atoms in total. The minimum atomic E-state index is -0.401. The number of halogens is 4. The smallest absolute Gasteiger partial charge is 0.268 e. The van der Waals surface area contributed by atoms with E-state index in [-0.39, 0.29) is 24.3 Å². The topological polar surface area (TPSA) is 192 Å². The second-order valence-corrected chi connectivity index (χ2v) is 11.5. The molecule has 0 fully saturated rings. The summed E-state index contributed by atoms with van der Waals surface area (Å²) in [6.07, 6.45) is 4.82. The van der Waals surface area contributed by atoms with Gasteiger partial charge in [-0.1, -0.05) is 6.08 Å². The summed E-state index contributed by atoms with van der Waals surface area (Å²) in [4.78, 5) is 38.0. The lowest BCUT2D eigenvalue weighted by Crippen LogP contribution is -2.25. The number of aromatic amines is 4. The fourth-order valence-electron chi connectivity index (χ4n) is 4.01. The van der Waals surface area contributed by atoms with Crippen LogP contribution in [0, 0.1) is 0 Å². The first-order valence-corrected chi connectivity index (χ1v) is 14.3. The number of anilines is 2. The van der Waals surface area contributed by atoms with Crippen molar-refractivity contribution in [3.05, 3.63) is 71.0 Å². The van der Waals surface area contributed by atoms with Crippen molar-refractivity contribution in [3.8, 4) is 0 Å². The highest BCUT2D eigenvalue weighted by Crippen LogP contribution is 2.35. The van der Waals surface area contributed by atoms with Crippen LogP contribution in [0.2, 0.25) is 0 Å². The van der Waals surface area contributed by atoms with E-state index < -0.39 is 12.0 Å². The number of ether oxygens (including phenoxy) is 1. The largest absolute Gasteiger partial charge is 0.470 e. The van der Waals surface area contributed by atoms with Crippen LogP contribution in [0.3, 0.4) is 0 Å². The molecule has 1 aliphatic rings. The van der Waals surface area contributed by atoms with Gasteiger partial charge in [0.15, 0.2) is 11.9 Å². The fraction of sp³-hybridized carbons (Fsp3) is 0.182. The predicted octanol–water partition coefficient (Wildman–Crippen LogP) is 4.42. The van der Waals surface area contributed by atoms with Crippen molar-refractivity contribution in [2.75, 3.05) is 24.6 Å². The summed E-state index contributed by atoms with van der Waals surface area (Å²) in [5.74, 6) is 0.347. The van der Waals surface area contributed by atoms with E-state index in [0.717, 1.165) is 19.2 Å². The van der Waals surface area contributed by atoms with Crippen molar-refractivity contribution in [3.63, 3.8) is 0 Å².